The predicted octanol–water partition coefficient (Wildman–Crippen LogP) is 2.31. The molecule has 0 radical (unpaired) electrons. The number of fused-ring (bicyclic) bond motifs is 2. The second-order valence-corrected chi connectivity index (χ2v) is 7.99. The number of piperidine rings is 1. The lowest BCUT2D eigenvalue weighted by molar-refractivity contribution is -0.134. The van der Waals surface area contributed by atoms with Gasteiger partial charge in [-0.2, -0.15) is 0 Å². The zero-order valence-corrected chi connectivity index (χ0v) is 16.3. The van der Waals surface area contributed by atoms with Gasteiger partial charge in [0.15, 0.2) is 0 Å². The molecule has 0 saturated carbocycles. The van der Waals surface area contributed by atoms with Crippen LogP contribution in [0.15, 0.2) is 22.8 Å². The molecule has 6 heteroatoms. The zero-order chi connectivity index (χ0) is 19.5. The Bertz CT molecular complexity index is 873. The zero-order valence-electron chi connectivity index (χ0n) is 16.3. The van der Waals surface area contributed by atoms with Crippen LogP contribution >= 0.6 is 0 Å². The molecule has 1 unspecified atom stereocenters. The summed E-state index contributed by atoms with van der Waals surface area (Å²) in [5, 5.41) is 3.99. The molecule has 6 nitrogen and oxygen atoms in total. The van der Waals surface area contributed by atoms with Crippen LogP contribution in [-0.2, 0) is 28.9 Å². The molecule has 1 aliphatic carbocycles. The van der Waals surface area contributed by atoms with E-state index in [9.17, 15) is 9.59 Å². The lowest BCUT2D eigenvalue weighted by Gasteiger charge is -2.36. The van der Waals surface area contributed by atoms with Crippen molar-refractivity contribution < 1.29 is 14.0 Å². The van der Waals surface area contributed by atoms with Crippen LogP contribution in [0.25, 0.3) is 11.0 Å². The lowest BCUT2D eigenvalue weighted by Crippen LogP contribution is -2.50. The fourth-order valence-electron chi connectivity index (χ4n) is 4.54. The van der Waals surface area contributed by atoms with Crippen LogP contribution in [0.5, 0.6) is 0 Å². The summed E-state index contributed by atoms with van der Waals surface area (Å²) in [6.07, 6.45) is 8.85. The highest BCUT2D eigenvalue weighted by atomic mass is 16.3. The number of nitrogens with zero attached hydrogens (tertiary/aromatic N) is 1. The Morgan fingerprint density at radius 3 is 2.82 bits per heavy atom. The van der Waals surface area contributed by atoms with Crippen molar-refractivity contribution in [3.63, 3.8) is 0 Å². The number of amides is 2. The van der Waals surface area contributed by atoms with Crippen LogP contribution in [0.3, 0.4) is 0 Å². The summed E-state index contributed by atoms with van der Waals surface area (Å²) in [4.78, 5) is 26.8. The standard InChI is InChI=1S/C22H29N3O3/c23-8-7-21(26)24-13-18-6-1-2-9-25(18)22(27)12-17-14-28-20-11-16-5-3-4-15(16)10-19(17)20/h10-11,14,18H,1-9,12-13,23H2,(H,24,26). The molecular formula is C22H29N3O3. The number of rotatable bonds is 6. The number of carbonyl (C=O) groups excluding carboxylic acids is 2. The Labute approximate surface area is 165 Å². The highest BCUT2D eigenvalue weighted by Crippen LogP contribution is 2.31. The third-order valence-electron chi connectivity index (χ3n) is 6.06. The molecule has 0 bridgehead atoms. The van der Waals surface area contributed by atoms with Gasteiger partial charge in [-0.3, -0.25) is 9.59 Å². The normalized spacial score (nSPS) is 19.0. The van der Waals surface area contributed by atoms with Crippen LogP contribution in [0.4, 0.5) is 0 Å². The van der Waals surface area contributed by atoms with Gasteiger partial charge in [0.1, 0.15) is 5.58 Å². The highest BCUT2D eigenvalue weighted by molar-refractivity contribution is 5.89. The molecule has 2 amide bonds. The van der Waals surface area contributed by atoms with Gasteiger partial charge in [-0.25, -0.2) is 0 Å². The SMILES string of the molecule is NCCC(=O)NCC1CCCCN1C(=O)Cc1coc2cc3c(cc12)CCC3. The van der Waals surface area contributed by atoms with E-state index in [1.165, 1.54) is 17.5 Å². The predicted molar refractivity (Wildman–Crippen MR) is 108 cm³/mol. The van der Waals surface area contributed by atoms with Crippen LogP contribution in [-0.4, -0.2) is 42.4 Å². The van der Waals surface area contributed by atoms with Gasteiger partial charge >= 0.3 is 0 Å². The molecule has 4 rings (SSSR count). The second kappa shape index (κ2) is 8.35. The smallest absolute Gasteiger partial charge is 0.227 e. The van der Waals surface area contributed by atoms with Gasteiger partial charge in [0, 0.05) is 43.0 Å². The molecular weight excluding hydrogens is 354 g/mol. The number of benzene rings is 1. The number of aryl methyl sites for hydroxylation is 2. The van der Waals surface area contributed by atoms with E-state index in [-0.39, 0.29) is 17.9 Å². The molecule has 1 fully saturated rings. The molecule has 2 aromatic rings. The molecule has 2 heterocycles. The van der Waals surface area contributed by atoms with Gasteiger partial charge in [-0.1, -0.05) is 0 Å². The van der Waals surface area contributed by atoms with Gasteiger partial charge in [0.2, 0.25) is 11.8 Å². The number of nitrogens with two attached hydrogens (primary N) is 1. The van der Waals surface area contributed by atoms with Crippen LogP contribution in [0.1, 0.15) is 48.8 Å². The Kier molecular flexibility index (Phi) is 5.67. The average Bonchev–Trinajstić information content (AvgIpc) is 3.31. The third kappa shape index (κ3) is 3.92. The third-order valence-corrected chi connectivity index (χ3v) is 6.06. The number of carbonyl (C=O) groups is 2. The largest absolute Gasteiger partial charge is 0.464 e. The van der Waals surface area contributed by atoms with E-state index in [0.29, 0.717) is 25.9 Å². The van der Waals surface area contributed by atoms with Crippen molar-refractivity contribution in [3.8, 4) is 0 Å². The summed E-state index contributed by atoms with van der Waals surface area (Å²) in [5.41, 5.74) is 10.0. The van der Waals surface area contributed by atoms with Crippen molar-refractivity contribution in [2.24, 2.45) is 5.73 Å². The molecule has 1 saturated heterocycles. The molecule has 1 atom stereocenters. The Morgan fingerprint density at radius 2 is 2.00 bits per heavy atom. The fraction of sp³-hybridized carbons (Fsp3) is 0.545. The maximum atomic E-state index is 13.1. The molecule has 1 aromatic heterocycles. The van der Waals surface area contributed by atoms with Crippen molar-refractivity contribution in [2.75, 3.05) is 19.6 Å². The Balaban J connectivity index is 1.45. The van der Waals surface area contributed by atoms with E-state index in [1.807, 2.05) is 4.90 Å². The van der Waals surface area contributed by atoms with E-state index in [4.69, 9.17) is 10.2 Å². The molecule has 28 heavy (non-hydrogen) atoms. The first kappa shape index (κ1) is 19.0. The maximum absolute atomic E-state index is 13.1. The minimum Gasteiger partial charge on any atom is -0.464 e. The van der Waals surface area contributed by atoms with Crippen molar-refractivity contribution in [1.29, 1.82) is 0 Å². The molecule has 2 aliphatic rings. The first-order valence-electron chi connectivity index (χ1n) is 10.4. The first-order chi connectivity index (χ1) is 13.7. The van der Waals surface area contributed by atoms with Gasteiger partial charge in [-0.15, -0.1) is 0 Å². The summed E-state index contributed by atoms with van der Waals surface area (Å²) >= 11 is 0. The van der Waals surface area contributed by atoms with E-state index in [1.54, 1.807) is 6.26 Å². The Morgan fingerprint density at radius 1 is 1.18 bits per heavy atom. The van der Waals surface area contributed by atoms with E-state index in [0.717, 1.165) is 55.2 Å². The maximum Gasteiger partial charge on any atom is 0.227 e. The van der Waals surface area contributed by atoms with E-state index < -0.39 is 0 Å². The lowest BCUT2D eigenvalue weighted by atomic mass is 9.99. The van der Waals surface area contributed by atoms with Crippen LogP contribution in [0.2, 0.25) is 0 Å². The van der Waals surface area contributed by atoms with Crippen molar-refractivity contribution >= 4 is 22.8 Å². The molecule has 0 spiro atoms. The molecule has 3 N–H and O–H groups in total. The fourth-order valence-corrected chi connectivity index (χ4v) is 4.54. The summed E-state index contributed by atoms with van der Waals surface area (Å²) < 4.78 is 5.76. The molecule has 1 aliphatic heterocycles. The topological polar surface area (TPSA) is 88.6 Å². The number of nitrogens with one attached hydrogen (secondary N) is 1. The quantitative estimate of drug-likeness (QED) is 0.801. The summed E-state index contributed by atoms with van der Waals surface area (Å²) in [6, 6.07) is 4.41. The molecule has 1 aromatic carbocycles. The number of furan rings is 1. The van der Waals surface area contributed by atoms with Crippen LogP contribution < -0.4 is 11.1 Å². The summed E-state index contributed by atoms with van der Waals surface area (Å²) in [7, 11) is 0. The Hall–Kier alpha value is -2.34. The van der Waals surface area contributed by atoms with E-state index in [2.05, 4.69) is 17.4 Å². The highest BCUT2D eigenvalue weighted by Gasteiger charge is 2.28. The number of hydrogen-bond acceptors (Lipinski definition) is 4. The van der Waals surface area contributed by atoms with Gasteiger partial charge in [0.25, 0.3) is 0 Å². The summed E-state index contributed by atoms with van der Waals surface area (Å²) in [5.74, 6) is 0.0659. The van der Waals surface area contributed by atoms with Crippen molar-refractivity contribution in [1.82, 2.24) is 10.2 Å². The molecule has 150 valence electrons. The van der Waals surface area contributed by atoms with Gasteiger partial charge in [0.05, 0.1) is 12.7 Å². The van der Waals surface area contributed by atoms with E-state index >= 15 is 0 Å². The number of hydrogen-bond donors (Lipinski definition) is 2. The van der Waals surface area contributed by atoms with Gasteiger partial charge < -0.3 is 20.4 Å². The number of likely N-dealkylation sites (tertiary alicyclic amines) is 1. The van der Waals surface area contributed by atoms with Crippen molar-refractivity contribution in [2.45, 2.75) is 57.4 Å². The summed E-state index contributed by atoms with van der Waals surface area (Å²) in [6.45, 7) is 1.60. The average molecular weight is 383 g/mol. The first-order valence-corrected chi connectivity index (χ1v) is 10.4. The monoisotopic (exact) mass is 383 g/mol. The van der Waals surface area contributed by atoms with Gasteiger partial charge in [-0.05, 0) is 61.8 Å². The van der Waals surface area contributed by atoms with Crippen LogP contribution in [0, 0.1) is 0 Å². The minimum atomic E-state index is -0.0462. The second-order valence-electron chi connectivity index (χ2n) is 7.99. The van der Waals surface area contributed by atoms with Crippen molar-refractivity contribution in [3.05, 3.63) is 35.1 Å². The minimum absolute atomic E-state index is 0.0462.